The lowest BCUT2D eigenvalue weighted by Gasteiger charge is -2.23. The average Bonchev–Trinajstić information content (AvgIpc) is 2.81. The molecule has 3 rings (SSSR count). The lowest BCUT2D eigenvalue weighted by molar-refractivity contribution is -0.120. The fourth-order valence-electron chi connectivity index (χ4n) is 3.89. The van der Waals surface area contributed by atoms with E-state index in [-0.39, 0.29) is 30.7 Å². The maximum atomic E-state index is 13.3. The molecule has 0 radical (unpaired) electrons. The number of anilines is 2. The number of carbonyl (C=O) groups excluding carboxylic acids is 2. The highest BCUT2D eigenvalue weighted by molar-refractivity contribution is 6.07. The van der Waals surface area contributed by atoms with E-state index in [2.05, 4.69) is 11.4 Å². The molecule has 1 fully saturated rings. The number of rotatable bonds is 8. The number of hydrogen-bond acceptors (Lipinski definition) is 4. The third-order valence-electron chi connectivity index (χ3n) is 5.50. The van der Waals surface area contributed by atoms with E-state index in [1.807, 2.05) is 31.2 Å². The van der Waals surface area contributed by atoms with Gasteiger partial charge in [-0.2, -0.15) is 5.26 Å². The molecule has 1 aliphatic carbocycles. The first-order chi connectivity index (χ1) is 15.1. The summed E-state index contributed by atoms with van der Waals surface area (Å²) in [6, 6.07) is 16.4. The van der Waals surface area contributed by atoms with Crippen molar-refractivity contribution in [3.63, 3.8) is 0 Å². The van der Waals surface area contributed by atoms with Crippen LogP contribution in [0.25, 0.3) is 0 Å². The smallest absolute Gasteiger partial charge is 0.258 e. The highest BCUT2D eigenvalue weighted by atomic mass is 16.5. The van der Waals surface area contributed by atoms with Gasteiger partial charge < -0.3 is 15.0 Å². The molecule has 162 valence electrons. The first-order valence-electron chi connectivity index (χ1n) is 10.9. The molecule has 2 amide bonds. The lowest BCUT2D eigenvalue weighted by Crippen LogP contribution is -2.32. The Morgan fingerprint density at radius 2 is 1.87 bits per heavy atom. The van der Waals surface area contributed by atoms with Crippen molar-refractivity contribution in [1.82, 2.24) is 0 Å². The quantitative estimate of drug-likeness (QED) is 0.640. The van der Waals surface area contributed by atoms with Gasteiger partial charge in [-0.1, -0.05) is 25.3 Å². The van der Waals surface area contributed by atoms with Crippen LogP contribution in [0.15, 0.2) is 48.5 Å². The Morgan fingerprint density at radius 1 is 1.13 bits per heavy atom. The molecule has 1 aliphatic rings. The van der Waals surface area contributed by atoms with Gasteiger partial charge in [0.05, 0.1) is 19.1 Å². The number of benzene rings is 2. The normalized spacial score (nSPS) is 13.8. The standard InChI is InChI=1S/C25H29N3O3/c1-2-31-23-14-12-22(13-15-23)28(17-7-16-26)25(30)20-10-6-11-21(18-20)27-24(29)19-8-4-3-5-9-19/h6,10-15,18-19H,2-5,7-9,17H2,1H3,(H,27,29). The second-order valence-corrected chi connectivity index (χ2v) is 7.70. The highest BCUT2D eigenvalue weighted by Gasteiger charge is 2.22. The molecule has 0 heterocycles. The van der Waals surface area contributed by atoms with E-state index in [9.17, 15) is 9.59 Å². The molecule has 0 aliphatic heterocycles. The summed E-state index contributed by atoms with van der Waals surface area (Å²) in [5, 5.41) is 12.0. The van der Waals surface area contributed by atoms with Crippen molar-refractivity contribution in [2.24, 2.45) is 5.92 Å². The average molecular weight is 420 g/mol. The van der Waals surface area contributed by atoms with Gasteiger partial charge in [0.25, 0.3) is 5.91 Å². The molecular weight excluding hydrogens is 390 g/mol. The molecule has 0 atom stereocenters. The molecule has 6 nitrogen and oxygen atoms in total. The Morgan fingerprint density at radius 3 is 2.55 bits per heavy atom. The lowest BCUT2D eigenvalue weighted by atomic mass is 9.88. The predicted molar refractivity (Wildman–Crippen MR) is 121 cm³/mol. The van der Waals surface area contributed by atoms with E-state index in [0.717, 1.165) is 31.4 Å². The van der Waals surface area contributed by atoms with Crippen LogP contribution in [0.5, 0.6) is 5.75 Å². The zero-order valence-corrected chi connectivity index (χ0v) is 18.0. The second-order valence-electron chi connectivity index (χ2n) is 7.70. The van der Waals surface area contributed by atoms with Gasteiger partial charge in [0.15, 0.2) is 0 Å². The van der Waals surface area contributed by atoms with Crippen LogP contribution >= 0.6 is 0 Å². The largest absolute Gasteiger partial charge is 0.494 e. The fourth-order valence-corrected chi connectivity index (χ4v) is 3.89. The van der Waals surface area contributed by atoms with E-state index in [1.54, 1.807) is 29.2 Å². The molecule has 2 aromatic rings. The Hall–Kier alpha value is -3.33. The molecule has 0 aromatic heterocycles. The van der Waals surface area contributed by atoms with Gasteiger partial charge in [-0.15, -0.1) is 0 Å². The summed E-state index contributed by atoms with van der Waals surface area (Å²) in [5.41, 5.74) is 1.78. The number of carbonyl (C=O) groups is 2. The number of hydrogen-bond donors (Lipinski definition) is 1. The second kappa shape index (κ2) is 11.2. The summed E-state index contributed by atoms with van der Waals surface area (Å²) in [6.45, 7) is 2.76. The van der Waals surface area contributed by atoms with E-state index < -0.39 is 0 Å². The molecule has 1 saturated carbocycles. The number of nitrogens with zero attached hydrogens (tertiary/aromatic N) is 2. The van der Waals surface area contributed by atoms with Gasteiger partial charge in [0.2, 0.25) is 5.91 Å². The van der Waals surface area contributed by atoms with Crippen molar-refractivity contribution in [3.05, 3.63) is 54.1 Å². The van der Waals surface area contributed by atoms with Crippen LogP contribution in [0.4, 0.5) is 11.4 Å². The predicted octanol–water partition coefficient (Wildman–Crippen LogP) is 5.16. The molecule has 0 spiro atoms. The minimum atomic E-state index is -0.215. The molecule has 0 unspecified atom stereocenters. The third-order valence-corrected chi connectivity index (χ3v) is 5.50. The summed E-state index contributed by atoms with van der Waals surface area (Å²) < 4.78 is 5.47. The fraction of sp³-hybridized carbons (Fsp3) is 0.400. The summed E-state index contributed by atoms with van der Waals surface area (Å²) in [7, 11) is 0. The zero-order chi connectivity index (χ0) is 22.1. The Balaban J connectivity index is 1.76. The van der Waals surface area contributed by atoms with E-state index in [1.165, 1.54) is 6.42 Å². The molecule has 2 aromatic carbocycles. The summed E-state index contributed by atoms with van der Waals surface area (Å²) >= 11 is 0. The van der Waals surface area contributed by atoms with E-state index >= 15 is 0 Å². The molecule has 0 bridgehead atoms. The van der Waals surface area contributed by atoms with Crippen LogP contribution in [0.1, 0.15) is 55.8 Å². The zero-order valence-electron chi connectivity index (χ0n) is 18.0. The van der Waals surface area contributed by atoms with Crippen LogP contribution in [0.3, 0.4) is 0 Å². The first-order valence-corrected chi connectivity index (χ1v) is 10.9. The minimum Gasteiger partial charge on any atom is -0.494 e. The van der Waals surface area contributed by atoms with Crippen LogP contribution in [-0.4, -0.2) is 25.0 Å². The number of nitrogens with one attached hydrogen (secondary N) is 1. The van der Waals surface area contributed by atoms with Gasteiger partial charge in [-0.3, -0.25) is 9.59 Å². The molecule has 31 heavy (non-hydrogen) atoms. The number of nitriles is 1. The van der Waals surface area contributed by atoms with Crippen molar-refractivity contribution in [3.8, 4) is 11.8 Å². The Kier molecular flexibility index (Phi) is 8.05. The van der Waals surface area contributed by atoms with Gasteiger partial charge in [0.1, 0.15) is 5.75 Å². The van der Waals surface area contributed by atoms with Crippen LogP contribution in [0, 0.1) is 17.2 Å². The van der Waals surface area contributed by atoms with Crippen LogP contribution in [-0.2, 0) is 4.79 Å². The number of ether oxygens (including phenoxy) is 1. The molecular formula is C25H29N3O3. The maximum Gasteiger partial charge on any atom is 0.258 e. The number of amides is 2. The van der Waals surface area contributed by atoms with Gasteiger partial charge in [-0.05, 0) is 62.2 Å². The van der Waals surface area contributed by atoms with Crippen LogP contribution in [0.2, 0.25) is 0 Å². The Bertz CT molecular complexity index is 928. The molecule has 1 N–H and O–H groups in total. The Labute approximate surface area is 183 Å². The molecule has 0 saturated heterocycles. The SMILES string of the molecule is CCOc1ccc(N(CCC#N)C(=O)c2cccc(NC(=O)C3CCCCC3)c2)cc1. The van der Waals surface area contributed by atoms with Crippen molar-refractivity contribution >= 4 is 23.2 Å². The maximum absolute atomic E-state index is 13.3. The van der Waals surface area contributed by atoms with Gasteiger partial charge in [-0.25, -0.2) is 0 Å². The van der Waals surface area contributed by atoms with Gasteiger partial charge in [0, 0.05) is 29.4 Å². The van der Waals surface area contributed by atoms with Crippen LogP contribution < -0.4 is 15.0 Å². The summed E-state index contributed by atoms with van der Waals surface area (Å²) in [5.74, 6) is 0.584. The summed E-state index contributed by atoms with van der Waals surface area (Å²) in [4.78, 5) is 27.4. The topological polar surface area (TPSA) is 82.4 Å². The first kappa shape index (κ1) is 22.4. The van der Waals surface area contributed by atoms with Crippen molar-refractivity contribution in [2.45, 2.75) is 45.4 Å². The molecule has 6 heteroatoms. The third kappa shape index (κ3) is 6.08. The van der Waals surface area contributed by atoms with E-state index in [0.29, 0.717) is 23.5 Å². The minimum absolute atomic E-state index is 0.0251. The highest BCUT2D eigenvalue weighted by Crippen LogP contribution is 2.26. The van der Waals surface area contributed by atoms with Crippen molar-refractivity contribution in [2.75, 3.05) is 23.4 Å². The summed E-state index contributed by atoms with van der Waals surface area (Å²) in [6.07, 6.45) is 5.43. The van der Waals surface area contributed by atoms with Crippen molar-refractivity contribution < 1.29 is 14.3 Å². The van der Waals surface area contributed by atoms with Crippen molar-refractivity contribution in [1.29, 1.82) is 5.26 Å². The monoisotopic (exact) mass is 419 g/mol. The van der Waals surface area contributed by atoms with E-state index in [4.69, 9.17) is 10.00 Å². The van der Waals surface area contributed by atoms with Gasteiger partial charge >= 0.3 is 0 Å².